The number of hydrogen-bond donors (Lipinski definition) is 1. The van der Waals surface area contributed by atoms with Crippen LogP contribution in [-0.4, -0.2) is 42.8 Å². The summed E-state index contributed by atoms with van der Waals surface area (Å²) < 4.78 is 32.8. The number of unbranched alkanes of at least 4 members (excludes halogenated alkanes) is 27. The monoisotopic (exact) mass is 879 g/mol. The number of phosphoric ester groups is 1. The highest BCUT2D eigenvalue weighted by atomic mass is 31.2. The average Bonchev–Trinajstić information content (AvgIpc) is 3.24. The fraction of sp³-hybridized carbons (Fsp3) is 0.808. The van der Waals surface area contributed by atoms with Gasteiger partial charge in [0.25, 0.3) is 0 Å². The zero-order valence-electron chi connectivity index (χ0n) is 39.8. The number of carbonyl (C=O) groups is 2. The van der Waals surface area contributed by atoms with E-state index in [1.54, 1.807) is 6.92 Å². The maximum atomic E-state index is 12.6. The lowest BCUT2D eigenvalue weighted by Gasteiger charge is -2.19. The first kappa shape index (κ1) is 59.0. The topological polar surface area (TPSA) is 108 Å². The molecule has 8 nitrogen and oxygen atoms in total. The predicted molar refractivity (Wildman–Crippen MR) is 258 cm³/mol. The molecular formula is C52H95O8P. The zero-order chi connectivity index (χ0) is 44.6. The van der Waals surface area contributed by atoms with Crippen LogP contribution in [0.4, 0.5) is 0 Å². The van der Waals surface area contributed by atoms with E-state index in [1.807, 2.05) is 0 Å². The molecule has 9 heteroatoms. The van der Waals surface area contributed by atoms with E-state index >= 15 is 0 Å². The van der Waals surface area contributed by atoms with E-state index < -0.39 is 26.5 Å². The third-order valence-electron chi connectivity index (χ3n) is 10.9. The molecule has 61 heavy (non-hydrogen) atoms. The Morgan fingerprint density at radius 2 is 0.787 bits per heavy atom. The predicted octanol–water partition coefficient (Wildman–Crippen LogP) is 16.5. The van der Waals surface area contributed by atoms with Gasteiger partial charge in [-0.05, 0) is 84.0 Å². The molecule has 1 N–H and O–H groups in total. The molecule has 0 spiro atoms. The normalized spacial score (nSPS) is 13.6. The molecule has 0 aromatic heterocycles. The number of hydrogen-bond acceptors (Lipinski definition) is 7. The minimum Gasteiger partial charge on any atom is -0.462 e. The second-order valence-electron chi connectivity index (χ2n) is 16.8. The summed E-state index contributed by atoms with van der Waals surface area (Å²) in [6.07, 6.45) is 57.4. The summed E-state index contributed by atoms with van der Waals surface area (Å²) >= 11 is 0. The highest BCUT2D eigenvalue weighted by Gasteiger charge is 2.25. The van der Waals surface area contributed by atoms with E-state index in [-0.39, 0.29) is 32.0 Å². The van der Waals surface area contributed by atoms with Gasteiger partial charge >= 0.3 is 19.8 Å². The Morgan fingerprint density at radius 1 is 0.443 bits per heavy atom. The molecule has 0 amide bonds. The van der Waals surface area contributed by atoms with Gasteiger partial charge in [0, 0.05) is 12.8 Å². The highest BCUT2D eigenvalue weighted by Crippen LogP contribution is 2.43. The van der Waals surface area contributed by atoms with E-state index in [4.69, 9.17) is 18.5 Å². The van der Waals surface area contributed by atoms with Crippen molar-refractivity contribution in [1.82, 2.24) is 0 Å². The van der Waals surface area contributed by atoms with Crippen molar-refractivity contribution in [2.45, 2.75) is 252 Å². The van der Waals surface area contributed by atoms with Crippen molar-refractivity contribution in [3.8, 4) is 0 Å². The molecule has 0 saturated carbocycles. The van der Waals surface area contributed by atoms with Gasteiger partial charge in [0.05, 0.1) is 13.2 Å². The number of esters is 2. The Hall–Kier alpha value is -1.99. The maximum Gasteiger partial charge on any atom is 0.472 e. The SMILES string of the molecule is CCCCCC/C=C\C/C=C\CCCCCCCCCC(=O)OCC(COP(=O)(O)OCC)OC(=O)CCCCCCCCCCCCC/C=C\C/C=C\CCCCCCC. The van der Waals surface area contributed by atoms with Gasteiger partial charge in [-0.1, -0.05) is 197 Å². The van der Waals surface area contributed by atoms with Crippen LogP contribution >= 0.6 is 7.82 Å². The molecule has 0 aliphatic rings. The van der Waals surface area contributed by atoms with E-state index in [0.717, 1.165) is 57.8 Å². The standard InChI is InChI=1S/C52H95O8P/c1-4-7-9-11-13-15-17-19-21-23-25-26-27-28-29-31-33-35-37-39-41-43-45-47-52(54)60-50(49-59-61(55,56)58-6-3)48-57-51(53)46-44-42-40-38-36-34-32-30-24-22-20-18-16-14-12-10-8-5-2/h16-19,22-25,50H,4-15,20-21,26-49H2,1-3H3,(H,55,56)/b18-16-,19-17-,24-22-,25-23-. The van der Waals surface area contributed by atoms with E-state index in [0.29, 0.717) is 6.42 Å². The summed E-state index contributed by atoms with van der Waals surface area (Å²) in [5.41, 5.74) is 0. The van der Waals surface area contributed by atoms with Crippen LogP contribution in [0, 0.1) is 0 Å². The molecule has 356 valence electrons. The fourth-order valence-electron chi connectivity index (χ4n) is 7.10. The lowest BCUT2D eigenvalue weighted by Crippen LogP contribution is -2.29. The van der Waals surface area contributed by atoms with Crippen LogP contribution in [0.1, 0.15) is 245 Å². The van der Waals surface area contributed by atoms with Crippen LogP contribution in [0.15, 0.2) is 48.6 Å². The van der Waals surface area contributed by atoms with Crippen molar-refractivity contribution in [2.24, 2.45) is 0 Å². The third kappa shape index (κ3) is 47.3. The number of carbonyl (C=O) groups excluding carboxylic acids is 2. The van der Waals surface area contributed by atoms with Crippen molar-refractivity contribution in [2.75, 3.05) is 19.8 Å². The van der Waals surface area contributed by atoms with Crippen molar-refractivity contribution in [1.29, 1.82) is 0 Å². The van der Waals surface area contributed by atoms with Crippen LogP contribution < -0.4 is 0 Å². The molecule has 0 aliphatic heterocycles. The second-order valence-corrected chi connectivity index (χ2v) is 18.3. The largest absolute Gasteiger partial charge is 0.472 e. The molecule has 0 saturated heterocycles. The van der Waals surface area contributed by atoms with Gasteiger partial charge < -0.3 is 14.4 Å². The average molecular weight is 879 g/mol. The molecule has 0 radical (unpaired) electrons. The Kier molecular flexibility index (Phi) is 45.9. The lowest BCUT2D eigenvalue weighted by molar-refractivity contribution is -0.161. The van der Waals surface area contributed by atoms with Crippen molar-refractivity contribution >= 4 is 19.8 Å². The van der Waals surface area contributed by atoms with Gasteiger partial charge in [0.1, 0.15) is 6.61 Å². The molecule has 0 aliphatic carbocycles. The third-order valence-corrected chi connectivity index (χ3v) is 11.9. The first-order chi connectivity index (χ1) is 29.8. The van der Waals surface area contributed by atoms with E-state index in [9.17, 15) is 19.0 Å². The van der Waals surface area contributed by atoms with Crippen LogP contribution in [0.5, 0.6) is 0 Å². The van der Waals surface area contributed by atoms with E-state index in [2.05, 4.69) is 62.5 Å². The summed E-state index contributed by atoms with van der Waals surface area (Å²) in [6, 6.07) is 0. The molecule has 0 aromatic carbocycles. The molecule has 0 aromatic rings. The van der Waals surface area contributed by atoms with Gasteiger partial charge in [-0.2, -0.15) is 0 Å². The lowest BCUT2D eigenvalue weighted by atomic mass is 10.0. The number of allylic oxidation sites excluding steroid dienone is 8. The Bertz CT molecular complexity index is 1130. The number of ether oxygens (including phenoxy) is 2. The van der Waals surface area contributed by atoms with E-state index in [1.165, 1.54) is 148 Å². The number of rotatable bonds is 47. The first-order valence-electron chi connectivity index (χ1n) is 25.4. The van der Waals surface area contributed by atoms with Crippen LogP contribution in [0.3, 0.4) is 0 Å². The van der Waals surface area contributed by atoms with Gasteiger partial charge in [0.15, 0.2) is 6.10 Å². The first-order valence-corrected chi connectivity index (χ1v) is 26.9. The Morgan fingerprint density at radius 3 is 1.18 bits per heavy atom. The molecule has 0 bridgehead atoms. The summed E-state index contributed by atoms with van der Waals surface area (Å²) in [5, 5.41) is 0. The molecule has 0 rings (SSSR count). The Balaban J connectivity index is 3.99. The number of phosphoric acid groups is 1. The van der Waals surface area contributed by atoms with Gasteiger partial charge in [-0.15, -0.1) is 0 Å². The molecule has 2 unspecified atom stereocenters. The van der Waals surface area contributed by atoms with Crippen molar-refractivity contribution in [3.63, 3.8) is 0 Å². The Labute approximate surface area is 376 Å². The molecule has 0 fully saturated rings. The molecular weight excluding hydrogens is 784 g/mol. The van der Waals surface area contributed by atoms with Gasteiger partial charge in [-0.3, -0.25) is 18.6 Å². The van der Waals surface area contributed by atoms with Crippen molar-refractivity contribution in [3.05, 3.63) is 48.6 Å². The van der Waals surface area contributed by atoms with Crippen LogP contribution in [-0.2, 0) is 32.7 Å². The van der Waals surface area contributed by atoms with Gasteiger partial charge in [0.2, 0.25) is 0 Å². The quantitative estimate of drug-likeness (QED) is 0.0279. The zero-order valence-corrected chi connectivity index (χ0v) is 40.7. The summed E-state index contributed by atoms with van der Waals surface area (Å²) in [7, 11) is -4.29. The summed E-state index contributed by atoms with van der Waals surface area (Å²) in [6.45, 7) is 5.47. The molecule has 2 atom stereocenters. The van der Waals surface area contributed by atoms with Crippen LogP contribution in [0.2, 0.25) is 0 Å². The second kappa shape index (κ2) is 47.5. The minimum absolute atomic E-state index is 0.00202. The maximum absolute atomic E-state index is 12.6. The fourth-order valence-corrected chi connectivity index (χ4v) is 7.86. The summed E-state index contributed by atoms with van der Waals surface area (Å²) in [4.78, 5) is 34.9. The highest BCUT2D eigenvalue weighted by molar-refractivity contribution is 7.47. The van der Waals surface area contributed by atoms with Gasteiger partial charge in [-0.25, -0.2) is 4.57 Å². The molecule has 0 heterocycles. The van der Waals surface area contributed by atoms with Crippen LogP contribution in [0.25, 0.3) is 0 Å². The smallest absolute Gasteiger partial charge is 0.462 e. The van der Waals surface area contributed by atoms with Crippen molar-refractivity contribution < 1.29 is 37.6 Å². The minimum atomic E-state index is -4.29. The summed E-state index contributed by atoms with van der Waals surface area (Å²) in [5.74, 6) is -0.803.